The lowest BCUT2D eigenvalue weighted by Gasteiger charge is -2.13. The molecule has 4 heterocycles. The van der Waals surface area contributed by atoms with E-state index in [4.69, 9.17) is 15.0 Å². The van der Waals surface area contributed by atoms with Crippen LogP contribution in [0.1, 0.15) is 0 Å². The Kier molecular flexibility index (Phi) is 6.87. The van der Waals surface area contributed by atoms with Gasteiger partial charge in [0.1, 0.15) is 0 Å². The summed E-state index contributed by atoms with van der Waals surface area (Å²) >= 11 is 0. The first-order valence-corrected chi connectivity index (χ1v) is 18.3. The van der Waals surface area contributed by atoms with Crippen LogP contribution in [-0.4, -0.2) is 28.5 Å². The third-order valence-electron chi connectivity index (χ3n) is 10.5. The summed E-state index contributed by atoms with van der Waals surface area (Å²) in [5.41, 5.74) is 9.30. The van der Waals surface area contributed by atoms with Gasteiger partial charge in [0.2, 0.25) is 5.95 Å². The Bertz CT molecular complexity index is 3270. The van der Waals surface area contributed by atoms with Gasteiger partial charge in [0.05, 0.1) is 27.6 Å². The zero-order valence-electron chi connectivity index (χ0n) is 29.4. The fraction of sp³-hybridized carbons (Fsp3) is 0. The lowest BCUT2D eigenvalue weighted by molar-refractivity contribution is 0.853. The van der Waals surface area contributed by atoms with Crippen molar-refractivity contribution in [2.24, 2.45) is 0 Å². The lowest BCUT2D eigenvalue weighted by Crippen LogP contribution is -2.27. The molecule has 0 atom stereocenters. The summed E-state index contributed by atoms with van der Waals surface area (Å²) in [4.78, 5) is 29.8. The van der Waals surface area contributed by atoms with Gasteiger partial charge in [-0.15, -0.1) is 0 Å². The molecule has 11 aromatic rings. The molecule has 11 rings (SSSR count). The SMILES string of the molecule is O=c1n(-c2nc(-c3ccccc3)nc(-c3ccccc3)n2)c2ccccc2c2cc3c(-c4ccc5c(c4)c4ccccc4n5-c4ccccc4)cccc3n12. The van der Waals surface area contributed by atoms with E-state index in [1.54, 1.807) is 8.97 Å². The molecule has 4 aromatic heterocycles. The van der Waals surface area contributed by atoms with Gasteiger partial charge in [-0.3, -0.25) is 4.40 Å². The normalized spacial score (nSPS) is 11.7. The molecule has 0 aliphatic heterocycles. The summed E-state index contributed by atoms with van der Waals surface area (Å²) in [6.07, 6.45) is 0. The maximum Gasteiger partial charge on any atom is 0.340 e. The highest BCUT2D eigenvalue weighted by Gasteiger charge is 2.21. The van der Waals surface area contributed by atoms with Crippen molar-refractivity contribution in [3.8, 4) is 45.5 Å². The van der Waals surface area contributed by atoms with Gasteiger partial charge in [-0.2, -0.15) is 9.97 Å². The van der Waals surface area contributed by atoms with Crippen LogP contribution >= 0.6 is 0 Å². The molecule has 0 spiro atoms. The summed E-state index contributed by atoms with van der Waals surface area (Å²) in [6.45, 7) is 0. The summed E-state index contributed by atoms with van der Waals surface area (Å²) < 4.78 is 5.75. The van der Waals surface area contributed by atoms with Crippen molar-refractivity contribution in [3.63, 3.8) is 0 Å². The summed E-state index contributed by atoms with van der Waals surface area (Å²) in [6, 6.07) is 61.6. The number of fused-ring (bicyclic) bond motifs is 8. The van der Waals surface area contributed by atoms with E-state index in [1.165, 1.54) is 10.8 Å². The van der Waals surface area contributed by atoms with Crippen molar-refractivity contribution in [1.82, 2.24) is 28.5 Å². The smallest absolute Gasteiger partial charge is 0.309 e. The standard InChI is InChI=1S/C48H30N6O/c55-48-53-42-26-14-23-35(33-27-28-43-38(29-33)36-21-10-12-24-40(36)52(43)34-19-8-3-9-20-34)39(42)30-44(53)37-22-11-13-25-41(37)54(48)47-50-45(31-15-4-1-5-16-31)49-46(51-47)32-17-6-2-7-18-32/h1-30H. The molecule has 0 radical (unpaired) electrons. The van der Waals surface area contributed by atoms with Crippen molar-refractivity contribution in [3.05, 3.63) is 192 Å². The van der Waals surface area contributed by atoms with Crippen LogP contribution in [0.25, 0.3) is 94.7 Å². The Labute approximate surface area is 314 Å². The number of nitrogens with zero attached hydrogens (tertiary/aromatic N) is 6. The van der Waals surface area contributed by atoms with Gasteiger partial charge in [0, 0.05) is 38.4 Å². The highest BCUT2D eigenvalue weighted by Crippen LogP contribution is 2.38. The first-order valence-electron chi connectivity index (χ1n) is 18.3. The molecular formula is C48H30N6O. The topological polar surface area (TPSA) is 70.0 Å². The van der Waals surface area contributed by atoms with Crippen LogP contribution in [0, 0.1) is 0 Å². The molecule has 0 saturated heterocycles. The Morgan fingerprint density at radius 3 is 1.62 bits per heavy atom. The molecule has 0 amide bonds. The molecule has 0 aliphatic rings. The van der Waals surface area contributed by atoms with E-state index in [0.717, 1.165) is 60.8 Å². The van der Waals surface area contributed by atoms with Gasteiger partial charge in [0.25, 0.3) is 0 Å². The molecule has 0 fully saturated rings. The predicted octanol–water partition coefficient (Wildman–Crippen LogP) is 10.7. The van der Waals surface area contributed by atoms with Gasteiger partial charge in [-0.1, -0.05) is 133 Å². The maximum atomic E-state index is 15.0. The quantitative estimate of drug-likeness (QED) is 0.179. The Hall–Kier alpha value is -7.64. The number of hydrogen-bond donors (Lipinski definition) is 0. The van der Waals surface area contributed by atoms with Gasteiger partial charge in [-0.25, -0.2) is 14.3 Å². The minimum Gasteiger partial charge on any atom is -0.309 e. The Morgan fingerprint density at radius 2 is 0.927 bits per heavy atom. The third-order valence-corrected chi connectivity index (χ3v) is 10.5. The number of rotatable bonds is 5. The van der Waals surface area contributed by atoms with Gasteiger partial charge >= 0.3 is 5.69 Å². The molecule has 258 valence electrons. The Morgan fingerprint density at radius 1 is 0.364 bits per heavy atom. The average molecular weight is 707 g/mol. The van der Waals surface area contributed by atoms with Crippen LogP contribution in [0.2, 0.25) is 0 Å². The van der Waals surface area contributed by atoms with Crippen molar-refractivity contribution < 1.29 is 0 Å². The fourth-order valence-corrected chi connectivity index (χ4v) is 8.06. The van der Waals surface area contributed by atoms with E-state index in [0.29, 0.717) is 17.2 Å². The molecule has 0 N–H and O–H groups in total. The van der Waals surface area contributed by atoms with E-state index >= 15 is 4.79 Å². The monoisotopic (exact) mass is 706 g/mol. The van der Waals surface area contributed by atoms with Crippen LogP contribution in [0.4, 0.5) is 0 Å². The summed E-state index contributed by atoms with van der Waals surface area (Å²) in [7, 11) is 0. The van der Waals surface area contributed by atoms with E-state index < -0.39 is 0 Å². The second kappa shape index (κ2) is 12.2. The molecule has 0 aliphatic carbocycles. The zero-order chi connectivity index (χ0) is 36.5. The zero-order valence-corrected chi connectivity index (χ0v) is 29.4. The van der Waals surface area contributed by atoms with E-state index in [1.807, 2.05) is 97.1 Å². The number of aromatic nitrogens is 6. The molecule has 55 heavy (non-hydrogen) atoms. The average Bonchev–Trinajstić information content (AvgIpc) is 3.81. The molecule has 0 bridgehead atoms. The predicted molar refractivity (Wildman–Crippen MR) is 222 cm³/mol. The maximum absolute atomic E-state index is 15.0. The van der Waals surface area contributed by atoms with E-state index in [2.05, 4.69) is 89.5 Å². The Balaban J connectivity index is 1.16. The fourth-order valence-electron chi connectivity index (χ4n) is 8.06. The summed E-state index contributed by atoms with van der Waals surface area (Å²) in [5.74, 6) is 1.24. The minimum atomic E-state index is -0.258. The molecule has 0 unspecified atom stereocenters. The van der Waals surface area contributed by atoms with Crippen LogP contribution in [0.15, 0.2) is 187 Å². The van der Waals surface area contributed by atoms with Crippen molar-refractivity contribution >= 4 is 49.1 Å². The van der Waals surface area contributed by atoms with Crippen molar-refractivity contribution in [2.75, 3.05) is 0 Å². The van der Waals surface area contributed by atoms with E-state index in [9.17, 15) is 0 Å². The summed E-state index contributed by atoms with van der Waals surface area (Å²) in [5, 5.41) is 4.25. The molecular weight excluding hydrogens is 677 g/mol. The highest BCUT2D eigenvalue weighted by atomic mass is 16.1. The third kappa shape index (κ3) is 4.84. The number of para-hydroxylation sites is 3. The van der Waals surface area contributed by atoms with Gasteiger partial charge in [-0.05, 0) is 59.7 Å². The minimum absolute atomic E-state index is 0.258. The first-order chi connectivity index (χ1) is 27.2. The first kappa shape index (κ1) is 30.9. The molecule has 7 heteroatoms. The van der Waals surface area contributed by atoms with Gasteiger partial charge in [0.15, 0.2) is 11.6 Å². The van der Waals surface area contributed by atoms with Crippen LogP contribution in [-0.2, 0) is 0 Å². The lowest BCUT2D eigenvalue weighted by atomic mass is 9.99. The van der Waals surface area contributed by atoms with Crippen LogP contribution in [0.3, 0.4) is 0 Å². The number of hydrogen-bond acceptors (Lipinski definition) is 4. The molecule has 7 nitrogen and oxygen atoms in total. The second-order valence-corrected chi connectivity index (χ2v) is 13.7. The van der Waals surface area contributed by atoms with Crippen LogP contribution in [0.5, 0.6) is 0 Å². The molecule has 0 saturated carbocycles. The van der Waals surface area contributed by atoms with E-state index in [-0.39, 0.29) is 11.6 Å². The van der Waals surface area contributed by atoms with Crippen molar-refractivity contribution in [1.29, 1.82) is 0 Å². The van der Waals surface area contributed by atoms with Gasteiger partial charge < -0.3 is 4.57 Å². The largest absolute Gasteiger partial charge is 0.340 e. The molecule has 7 aromatic carbocycles. The second-order valence-electron chi connectivity index (χ2n) is 13.7. The number of benzene rings is 7. The highest BCUT2D eigenvalue weighted by molar-refractivity contribution is 6.12. The van der Waals surface area contributed by atoms with Crippen molar-refractivity contribution in [2.45, 2.75) is 0 Å². The van der Waals surface area contributed by atoms with Crippen LogP contribution < -0.4 is 5.69 Å².